The Hall–Kier alpha value is -1.84. The number of hydrogen-bond donors (Lipinski definition) is 0. The van der Waals surface area contributed by atoms with E-state index in [9.17, 15) is 9.59 Å². The standard InChI is InChI=1S/C22H29NO3/c1-14(2)23(19-6-4-3-5-7-19)20(24)13-26-22(25)21-17-9-15-8-16(11-17)12-18(21)10-15/h3-7,14-18,21H,8-13H2,1-2H3. The van der Waals surface area contributed by atoms with Crippen molar-refractivity contribution in [2.45, 2.75) is 52.0 Å². The zero-order valence-corrected chi connectivity index (χ0v) is 15.8. The molecule has 4 bridgehead atoms. The molecule has 4 nitrogen and oxygen atoms in total. The van der Waals surface area contributed by atoms with E-state index in [-0.39, 0.29) is 30.4 Å². The van der Waals surface area contributed by atoms with Gasteiger partial charge in [-0.3, -0.25) is 9.59 Å². The molecule has 5 rings (SSSR count). The van der Waals surface area contributed by atoms with Gasteiger partial charge in [0.1, 0.15) is 0 Å². The molecule has 0 aliphatic heterocycles. The molecule has 4 aliphatic rings. The fourth-order valence-electron chi connectivity index (χ4n) is 5.93. The normalized spacial score (nSPS) is 31.9. The molecular weight excluding hydrogens is 326 g/mol. The van der Waals surface area contributed by atoms with Gasteiger partial charge in [-0.2, -0.15) is 0 Å². The summed E-state index contributed by atoms with van der Waals surface area (Å²) < 4.78 is 5.55. The van der Waals surface area contributed by atoms with Crippen molar-refractivity contribution < 1.29 is 14.3 Å². The van der Waals surface area contributed by atoms with Gasteiger partial charge in [-0.1, -0.05) is 18.2 Å². The van der Waals surface area contributed by atoms with Crippen molar-refractivity contribution in [1.29, 1.82) is 0 Å². The van der Waals surface area contributed by atoms with E-state index >= 15 is 0 Å². The number of para-hydroxylation sites is 1. The maximum absolute atomic E-state index is 12.8. The van der Waals surface area contributed by atoms with E-state index < -0.39 is 0 Å². The molecule has 0 unspecified atom stereocenters. The molecule has 4 heteroatoms. The first-order valence-electron chi connectivity index (χ1n) is 10.1. The number of carbonyl (C=O) groups is 2. The van der Waals surface area contributed by atoms with Crippen LogP contribution < -0.4 is 4.90 Å². The molecule has 1 amide bonds. The lowest BCUT2D eigenvalue weighted by molar-refractivity contribution is -0.164. The van der Waals surface area contributed by atoms with E-state index in [0.717, 1.165) is 17.5 Å². The number of esters is 1. The number of benzene rings is 1. The first-order valence-corrected chi connectivity index (χ1v) is 10.1. The van der Waals surface area contributed by atoms with Gasteiger partial charge in [0.2, 0.25) is 0 Å². The highest BCUT2D eigenvalue weighted by molar-refractivity contribution is 5.95. The molecule has 0 N–H and O–H groups in total. The number of ether oxygens (including phenoxy) is 1. The van der Waals surface area contributed by atoms with Gasteiger partial charge in [-0.15, -0.1) is 0 Å². The summed E-state index contributed by atoms with van der Waals surface area (Å²) in [5.41, 5.74) is 0.846. The SMILES string of the molecule is CC(C)N(C(=O)COC(=O)C1C2CC3CC(C2)CC1C3)c1ccccc1. The molecule has 1 aromatic carbocycles. The van der Waals surface area contributed by atoms with Crippen molar-refractivity contribution >= 4 is 17.6 Å². The average molecular weight is 355 g/mol. The highest BCUT2D eigenvalue weighted by Crippen LogP contribution is 2.56. The fraction of sp³-hybridized carbons (Fsp3) is 0.636. The van der Waals surface area contributed by atoms with Gasteiger partial charge in [-0.25, -0.2) is 0 Å². The molecule has 0 spiro atoms. The number of amides is 1. The molecule has 4 fully saturated rings. The Bertz CT molecular complexity index is 641. The second-order valence-electron chi connectivity index (χ2n) is 8.76. The minimum absolute atomic E-state index is 0.0183. The number of carbonyl (C=O) groups excluding carboxylic acids is 2. The predicted octanol–water partition coefficient (Wildman–Crippen LogP) is 4.04. The quantitative estimate of drug-likeness (QED) is 0.749. The van der Waals surface area contributed by atoms with Crippen LogP contribution in [0.15, 0.2) is 30.3 Å². The molecule has 0 saturated heterocycles. The van der Waals surface area contributed by atoms with Crippen molar-refractivity contribution in [3.05, 3.63) is 30.3 Å². The lowest BCUT2D eigenvalue weighted by atomic mass is 9.52. The molecule has 1 aromatic rings. The van der Waals surface area contributed by atoms with E-state index in [0.29, 0.717) is 11.8 Å². The van der Waals surface area contributed by atoms with Crippen LogP contribution in [0.4, 0.5) is 5.69 Å². The van der Waals surface area contributed by atoms with Gasteiger partial charge in [0.25, 0.3) is 5.91 Å². The Kier molecular flexibility index (Phi) is 4.76. The van der Waals surface area contributed by atoms with Gasteiger partial charge in [-0.05, 0) is 81.8 Å². The van der Waals surface area contributed by atoms with E-state index in [1.807, 2.05) is 44.2 Å². The number of hydrogen-bond acceptors (Lipinski definition) is 3. The summed E-state index contributed by atoms with van der Waals surface area (Å²) in [7, 11) is 0. The number of rotatable bonds is 5. The van der Waals surface area contributed by atoms with Crippen molar-refractivity contribution in [2.24, 2.45) is 29.6 Å². The van der Waals surface area contributed by atoms with E-state index in [4.69, 9.17) is 4.74 Å². The van der Waals surface area contributed by atoms with Gasteiger partial charge in [0, 0.05) is 11.7 Å². The Labute approximate surface area is 155 Å². The van der Waals surface area contributed by atoms with Crippen LogP contribution in [0.25, 0.3) is 0 Å². The first kappa shape index (κ1) is 17.6. The molecular formula is C22H29NO3. The molecule has 0 radical (unpaired) electrons. The topological polar surface area (TPSA) is 46.6 Å². The van der Waals surface area contributed by atoms with Gasteiger partial charge >= 0.3 is 5.97 Å². The first-order chi connectivity index (χ1) is 12.5. The molecule has 0 aromatic heterocycles. The van der Waals surface area contributed by atoms with Crippen LogP contribution in [0.5, 0.6) is 0 Å². The fourth-order valence-corrected chi connectivity index (χ4v) is 5.93. The summed E-state index contributed by atoms with van der Waals surface area (Å²) >= 11 is 0. The third-order valence-corrected chi connectivity index (χ3v) is 6.66. The largest absolute Gasteiger partial charge is 0.455 e. The summed E-state index contributed by atoms with van der Waals surface area (Å²) in [6.07, 6.45) is 6.10. The Morgan fingerprint density at radius 3 is 2.12 bits per heavy atom. The second-order valence-corrected chi connectivity index (χ2v) is 8.76. The summed E-state index contributed by atoms with van der Waals surface area (Å²) in [6.45, 7) is 3.80. The molecule has 0 heterocycles. The van der Waals surface area contributed by atoms with Crippen molar-refractivity contribution in [3.8, 4) is 0 Å². The monoisotopic (exact) mass is 355 g/mol. The van der Waals surface area contributed by atoms with E-state index in [1.165, 1.54) is 32.1 Å². The highest BCUT2D eigenvalue weighted by atomic mass is 16.5. The summed E-state index contributed by atoms with van der Waals surface area (Å²) in [5.74, 6) is 2.39. The predicted molar refractivity (Wildman–Crippen MR) is 101 cm³/mol. The third-order valence-electron chi connectivity index (χ3n) is 6.66. The Balaban J connectivity index is 1.38. The number of nitrogens with zero attached hydrogens (tertiary/aromatic N) is 1. The molecule has 4 aliphatic carbocycles. The van der Waals surface area contributed by atoms with Crippen LogP contribution in [0.3, 0.4) is 0 Å². The summed E-state index contributed by atoms with van der Waals surface area (Å²) in [6, 6.07) is 9.61. The third kappa shape index (κ3) is 3.26. The molecule has 0 atom stereocenters. The average Bonchev–Trinajstić information content (AvgIpc) is 2.60. The van der Waals surface area contributed by atoms with Crippen LogP contribution in [-0.2, 0) is 14.3 Å². The van der Waals surface area contributed by atoms with Gasteiger partial charge in [0.05, 0.1) is 5.92 Å². The van der Waals surface area contributed by atoms with E-state index in [2.05, 4.69) is 0 Å². The van der Waals surface area contributed by atoms with Gasteiger partial charge < -0.3 is 9.64 Å². The minimum Gasteiger partial charge on any atom is -0.455 e. The minimum atomic E-state index is -0.158. The highest BCUT2D eigenvalue weighted by Gasteiger charge is 2.51. The van der Waals surface area contributed by atoms with Crippen molar-refractivity contribution in [3.63, 3.8) is 0 Å². The lowest BCUT2D eigenvalue weighted by Crippen LogP contribution is -2.49. The molecule has 4 saturated carbocycles. The lowest BCUT2D eigenvalue weighted by Gasteiger charge is -2.53. The van der Waals surface area contributed by atoms with Crippen molar-refractivity contribution in [2.75, 3.05) is 11.5 Å². The van der Waals surface area contributed by atoms with E-state index in [1.54, 1.807) is 4.90 Å². The summed E-state index contributed by atoms with van der Waals surface area (Å²) in [4.78, 5) is 27.2. The summed E-state index contributed by atoms with van der Waals surface area (Å²) in [5, 5.41) is 0. The van der Waals surface area contributed by atoms with Crippen LogP contribution in [0.1, 0.15) is 46.0 Å². The number of anilines is 1. The van der Waals surface area contributed by atoms with Crippen LogP contribution in [0.2, 0.25) is 0 Å². The van der Waals surface area contributed by atoms with Crippen molar-refractivity contribution in [1.82, 2.24) is 0 Å². The molecule has 140 valence electrons. The smallest absolute Gasteiger partial charge is 0.310 e. The maximum atomic E-state index is 12.8. The van der Waals surface area contributed by atoms with Gasteiger partial charge in [0.15, 0.2) is 6.61 Å². The zero-order chi connectivity index (χ0) is 18.3. The second kappa shape index (κ2) is 7.05. The van der Waals surface area contributed by atoms with Crippen LogP contribution >= 0.6 is 0 Å². The van der Waals surface area contributed by atoms with Crippen LogP contribution in [-0.4, -0.2) is 24.5 Å². The maximum Gasteiger partial charge on any atom is 0.310 e. The van der Waals surface area contributed by atoms with Crippen LogP contribution in [0, 0.1) is 29.6 Å². The zero-order valence-electron chi connectivity index (χ0n) is 15.8. The molecule has 26 heavy (non-hydrogen) atoms. The Morgan fingerprint density at radius 2 is 1.58 bits per heavy atom. The Morgan fingerprint density at radius 1 is 1.00 bits per heavy atom.